The monoisotopic (exact) mass is 397 g/mol. The number of hydrogen-bond acceptors (Lipinski definition) is 3. The molecule has 0 aliphatic heterocycles. The SMILES string of the molecule is Cc1cc2oc(=O)cc(CNC(=O)c3ccc(C(C)(C)C)cc3)c2c(C)c1Cl. The normalized spacial score (nSPS) is 11.6. The summed E-state index contributed by atoms with van der Waals surface area (Å²) in [4.78, 5) is 24.5. The summed E-state index contributed by atoms with van der Waals surface area (Å²) < 4.78 is 5.33. The minimum atomic E-state index is -0.451. The zero-order valence-electron chi connectivity index (χ0n) is 16.8. The molecular formula is C23H24ClNO3. The molecule has 0 fully saturated rings. The topological polar surface area (TPSA) is 59.3 Å². The van der Waals surface area contributed by atoms with Crippen LogP contribution >= 0.6 is 11.6 Å². The highest BCUT2D eigenvalue weighted by molar-refractivity contribution is 6.33. The van der Waals surface area contributed by atoms with Crippen molar-refractivity contribution in [3.63, 3.8) is 0 Å². The van der Waals surface area contributed by atoms with Crippen molar-refractivity contribution in [2.24, 2.45) is 0 Å². The van der Waals surface area contributed by atoms with Gasteiger partial charge in [0.15, 0.2) is 0 Å². The Bertz CT molecular complexity index is 1110. The molecule has 0 saturated heterocycles. The van der Waals surface area contributed by atoms with Crippen molar-refractivity contribution in [2.45, 2.75) is 46.6 Å². The first-order valence-corrected chi connectivity index (χ1v) is 9.57. The second kappa shape index (κ2) is 7.44. The third-order valence-electron chi connectivity index (χ3n) is 4.92. The van der Waals surface area contributed by atoms with Crippen LogP contribution in [-0.4, -0.2) is 5.91 Å². The number of fused-ring (bicyclic) bond motifs is 1. The predicted octanol–water partition coefficient (Wildman–Crippen LogP) is 5.29. The number of halogens is 1. The van der Waals surface area contributed by atoms with Crippen LogP contribution in [0.15, 0.2) is 45.6 Å². The fourth-order valence-corrected chi connectivity index (χ4v) is 3.44. The molecule has 5 heteroatoms. The van der Waals surface area contributed by atoms with Crippen molar-refractivity contribution in [1.82, 2.24) is 5.32 Å². The first-order valence-electron chi connectivity index (χ1n) is 9.19. The molecule has 1 aromatic heterocycles. The maximum atomic E-state index is 12.6. The third-order valence-corrected chi connectivity index (χ3v) is 5.50. The fourth-order valence-electron chi connectivity index (χ4n) is 3.29. The molecule has 0 spiro atoms. The van der Waals surface area contributed by atoms with E-state index in [1.165, 1.54) is 6.07 Å². The Balaban J connectivity index is 1.88. The third kappa shape index (κ3) is 3.97. The number of nitrogens with one attached hydrogen (secondary N) is 1. The first-order chi connectivity index (χ1) is 13.1. The Morgan fingerprint density at radius 2 is 1.75 bits per heavy atom. The van der Waals surface area contributed by atoms with Gasteiger partial charge in [-0.1, -0.05) is 44.5 Å². The van der Waals surface area contributed by atoms with Gasteiger partial charge in [0.05, 0.1) is 0 Å². The van der Waals surface area contributed by atoms with Crippen LogP contribution in [0, 0.1) is 13.8 Å². The first kappa shape index (κ1) is 20.2. The molecule has 3 rings (SSSR count). The fraction of sp³-hybridized carbons (Fsp3) is 0.304. The molecule has 0 unspecified atom stereocenters. The Kier molecular flexibility index (Phi) is 5.35. The van der Waals surface area contributed by atoms with Crippen LogP contribution in [0.5, 0.6) is 0 Å². The van der Waals surface area contributed by atoms with Gasteiger partial charge in [-0.2, -0.15) is 0 Å². The number of aryl methyl sites for hydroxylation is 2. The quantitative estimate of drug-likeness (QED) is 0.611. The lowest BCUT2D eigenvalue weighted by Crippen LogP contribution is -2.24. The Morgan fingerprint density at radius 1 is 1.11 bits per heavy atom. The van der Waals surface area contributed by atoms with Gasteiger partial charge in [0.25, 0.3) is 5.91 Å². The summed E-state index contributed by atoms with van der Waals surface area (Å²) in [5, 5.41) is 4.29. The van der Waals surface area contributed by atoms with E-state index in [-0.39, 0.29) is 17.9 Å². The molecule has 2 aromatic carbocycles. The number of hydrogen-bond donors (Lipinski definition) is 1. The molecule has 0 saturated carbocycles. The lowest BCUT2D eigenvalue weighted by molar-refractivity contribution is 0.0951. The lowest BCUT2D eigenvalue weighted by atomic mass is 9.87. The van der Waals surface area contributed by atoms with E-state index >= 15 is 0 Å². The summed E-state index contributed by atoms with van der Waals surface area (Å²) in [6, 6.07) is 10.7. The van der Waals surface area contributed by atoms with Crippen LogP contribution < -0.4 is 10.9 Å². The highest BCUT2D eigenvalue weighted by Gasteiger charge is 2.16. The maximum absolute atomic E-state index is 12.6. The average molecular weight is 398 g/mol. The van der Waals surface area contributed by atoms with E-state index in [9.17, 15) is 9.59 Å². The number of rotatable bonds is 3. The van der Waals surface area contributed by atoms with Crippen LogP contribution in [-0.2, 0) is 12.0 Å². The smallest absolute Gasteiger partial charge is 0.336 e. The summed E-state index contributed by atoms with van der Waals surface area (Å²) in [6.07, 6.45) is 0. The summed E-state index contributed by atoms with van der Waals surface area (Å²) in [7, 11) is 0. The van der Waals surface area contributed by atoms with Gasteiger partial charge in [-0.05, 0) is 59.7 Å². The number of amides is 1. The molecule has 0 atom stereocenters. The summed E-state index contributed by atoms with van der Waals surface area (Å²) in [6.45, 7) is 10.3. The van der Waals surface area contributed by atoms with E-state index in [1.54, 1.807) is 6.07 Å². The van der Waals surface area contributed by atoms with E-state index in [4.69, 9.17) is 16.0 Å². The van der Waals surface area contributed by atoms with Gasteiger partial charge >= 0.3 is 5.63 Å². The number of benzene rings is 2. The zero-order valence-corrected chi connectivity index (χ0v) is 17.5. The Morgan fingerprint density at radius 3 is 2.36 bits per heavy atom. The molecule has 4 nitrogen and oxygen atoms in total. The van der Waals surface area contributed by atoms with E-state index in [2.05, 4.69) is 26.1 Å². The molecule has 0 radical (unpaired) electrons. The molecule has 28 heavy (non-hydrogen) atoms. The largest absolute Gasteiger partial charge is 0.423 e. The van der Waals surface area contributed by atoms with Crippen LogP contribution in [0.3, 0.4) is 0 Å². The highest BCUT2D eigenvalue weighted by Crippen LogP contribution is 2.30. The van der Waals surface area contributed by atoms with Crippen molar-refractivity contribution in [3.05, 3.63) is 79.7 Å². The Hall–Kier alpha value is -2.59. The highest BCUT2D eigenvalue weighted by atomic mass is 35.5. The molecule has 0 aliphatic carbocycles. The van der Waals surface area contributed by atoms with E-state index in [0.717, 1.165) is 22.1 Å². The second-order valence-electron chi connectivity index (χ2n) is 8.11. The van der Waals surface area contributed by atoms with Gasteiger partial charge in [0.1, 0.15) is 5.58 Å². The van der Waals surface area contributed by atoms with Gasteiger partial charge in [-0.3, -0.25) is 4.79 Å². The summed E-state index contributed by atoms with van der Waals surface area (Å²) in [5.74, 6) is -0.197. The number of carbonyl (C=O) groups is 1. The van der Waals surface area contributed by atoms with Crippen molar-refractivity contribution >= 4 is 28.5 Å². The standard InChI is InChI=1S/C23H24ClNO3/c1-13-10-18-20(14(2)21(13)24)16(11-19(26)28-18)12-25-22(27)15-6-8-17(9-7-15)23(3,4)5/h6-11H,12H2,1-5H3,(H,25,27). The van der Waals surface area contributed by atoms with E-state index < -0.39 is 5.63 Å². The lowest BCUT2D eigenvalue weighted by Gasteiger charge is -2.19. The maximum Gasteiger partial charge on any atom is 0.336 e. The van der Waals surface area contributed by atoms with Crippen molar-refractivity contribution < 1.29 is 9.21 Å². The summed E-state index contributed by atoms with van der Waals surface area (Å²) >= 11 is 6.37. The van der Waals surface area contributed by atoms with Gasteiger partial charge in [-0.25, -0.2) is 4.79 Å². The van der Waals surface area contributed by atoms with Crippen LogP contribution in [0.4, 0.5) is 0 Å². The van der Waals surface area contributed by atoms with Gasteiger partial charge in [0.2, 0.25) is 0 Å². The van der Waals surface area contributed by atoms with Crippen molar-refractivity contribution in [3.8, 4) is 0 Å². The zero-order chi connectivity index (χ0) is 20.6. The average Bonchev–Trinajstić information content (AvgIpc) is 2.63. The van der Waals surface area contributed by atoms with E-state index in [0.29, 0.717) is 21.7 Å². The van der Waals surface area contributed by atoms with Crippen molar-refractivity contribution in [1.29, 1.82) is 0 Å². The molecule has 3 aromatic rings. The molecule has 1 N–H and O–H groups in total. The molecule has 146 valence electrons. The Labute approximate surface area is 169 Å². The molecule has 1 amide bonds. The van der Waals surface area contributed by atoms with Crippen LogP contribution in [0.2, 0.25) is 5.02 Å². The molecular weight excluding hydrogens is 374 g/mol. The number of carbonyl (C=O) groups excluding carboxylic acids is 1. The van der Waals surface area contributed by atoms with E-state index in [1.807, 2.05) is 38.1 Å². The van der Waals surface area contributed by atoms with Gasteiger partial charge < -0.3 is 9.73 Å². The second-order valence-corrected chi connectivity index (χ2v) is 8.48. The predicted molar refractivity (Wildman–Crippen MR) is 113 cm³/mol. The molecule has 1 heterocycles. The minimum absolute atomic E-state index is 0.0287. The molecule has 0 aliphatic rings. The molecule has 0 bridgehead atoms. The van der Waals surface area contributed by atoms with Crippen LogP contribution in [0.1, 0.15) is 53.4 Å². The minimum Gasteiger partial charge on any atom is -0.423 e. The summed E-state index contributed by atoms with van der Waals surface area (Å²) in [5.41, 5.74) is 4.15. The van der Waals surface area contributed by atoms with Gasteiger partial charge in [0, 0.05) is 28.6 Å². The van der Waals surface area contributed by atoms with Crippen LogP contribution in [0.25, 0.3) is 11.0 Å². The van der Waals surface area contributed by atoms with Crippen molar-refractivity contribution in [2.75, 3.05) is 0 Å². The van der Waals surface area contributed by atoms with Gasteiger partial charge in [-0.15, -0.1) is 0 Å².